The minimum atomic E-state index is 0.677. The van der Waals surface area contributed by atoms with Crippen molar-refractivity contribution in [3.05, 3.63) is 42.5 Å². The molecule has 1 aliphatic carbocycles. The molecule has 0 bridgehead atoms. The first-order chi connectivity index (χ1) is 10.3. The van der Waals surface area contributed by atoms with Gasteiger partial charge in [-0.1, -0.05) is 36.4 Å². The Kier molecular flexibility index (Phi) is 4.45. The van der Waals surface area contributed by atoms with E-state index in [2.05, 4.69) is 66.5 Å². The van der Waals surface area contributed by atoms with Gasteiger partial charge in [-0.15, -0.1) is 0 Å². The normalized spacial score (nSPS) is 16.1. The predicted molar refractivity (Wildman–Crippen MR) is 92.0 cm³/mol. The summed E-state index contributed by atoms with van der Waals surface area (Å²) in [5, 5.41) is 6.37. The summed E-state index contributed by atoms with van der Waals surface area (Å²) in [7, 11) is 0. The monoisotopic (exact) mass is 282 g/mol. The number of benzene rings is 2. The molecule has 1 aliphatic rings. The highest BCUT2D eigenvalue weighted by atomic mass is 15.1. The smallest absolute Gasteiger partial charge is 0.0446 e. The van der Waals surface area contributed by atoms with Crippen LogP contribution in [0, 0.1) is 5.92 Å². The number of likely N-dealkylation sites (N-methyl/N-ethyl adjacent to an activating group) is 1. The Hall–Kier alpha value is -1.54. The van der Waals surface area contributed by atoms with E-state index in [-0.39, 0.29) is 0 Å². The zero-order valence-electron chi connectivity index (χ0n) is 13.2. The van der Waals surface area contributed by atoms with Crippen LogP contribution in [-0.4, -0.2) is 25.7 Å². The second kappa shape index (κ2) is 6.48. The molecule has 1 saturated carbocycles. The average molecular weight is 282 g/mol. The summed E-state index contributed by atoms with van der Waals surface area (Å²) in [5.41, 5.74) is 1.36. The Labute approximate surface area is 128 Å². The van der Waals surface area contributed by atoms with Crippen molar-refractivity contribution in [2.24, 2.45) is 5.92 Å². The van der Waals surface area contributed by atoms with E-state index >= 15 is 0 Å². The van der Waals surface area contributed by atoms with Crippen LogP contribution in [-0.2, 0) is 0 Å². The largest absolute Gasteiger partial charge is 0.370 e. The van der Waals surface area contributed by atoms with Gasteiger partial charge in [0, 0.05) is 36.7 Å². The van der Waals surface area contributed by atoms with Crippen molar-refractivity contribution in [1.82, 2.24) is 5.32 Å². The SMILES string of the molecule is CCN(CCNC(C)C1CC1)c1cccc2ccccc12. The van der Waals surface area contributed by atoms with Gasteiger partial charge in [-0.25, -0.2) is 0 Å². The van der Waals surface area contributed by atoms with E-state index in [1.807, 2.05) is 0 Å². The third kappa shape index (κ3) is 3.38. The quantitative estimate of drug-likeness (QED) is 0.824. The summed E-state index contributed by atoms with van der Waals surface area (Å²) in [6.45, 7) is 7.75. The molecule has 1 unspecified atom stereocenters. The Balaban J connectivity index is 1.69. The second-order valence-corrected chi connectivity index (χ2v) is 6.16. The first-order valence-electron chi connectivity index (χ1n) is 8.25. The Bertz CT molecular complexity index is 584. The molecule has 0 spiro atoms. The molecule has 0 amide bonds. The fourth-order valence-corrected chi connectivity index (χ4v) is 3.12. The molecular formula is C19H26N2. The summed E-state index contributed by atoms with van der Waals surface area (Å²) >= 11 is 0. The van der Waals surface area contributed by atoms with Crippen molar-refractivity contribution in [2.75, 3.05) is 24.5 Å². The molecule has 0 aromatic heterocycles. The van der Waals surface area contributed by atoms with Crippen LogP contribution in [0.5, 0.6) is 0 Å². The van der Waals surface area contributed by atoms with Gasteiger partial charge in [0.25, 0.3) is 0 Å². The maximum Gasteiger partial charge on any atom is 0.0446 e. The average Bonchev–Trinajstić information content (AvgIpc) is 3.36. The topological polar surface area (TPSA) is 15.3 Å². The maximum atomic E-state index is 3.69. The minimum Gasteiger partial charge on any atom is -0.370 e. The third-order valence-corrected chi connectivity index (χ3v) is 4.67. The van der Waals surface area contributed by atoms with Crippen LogP contribution in [0.25, 0.3) is 10.8 Å². The first-order valence-corrected chi connectivity index (χ1v) is 8.25. The Morgan fingerprint density at radius 3 is 2.67 bits per heavy atom. The summed E-state index contributed by atoms with van der Waals surface area (Å²) < 4.78 is 0. The van der Waals surface area contributed by atoms with Crippen molar-refractivity contribution in [1.29, 1.82) is 0 Å². The molecule has 2 heteroatoms. The van der Waals surface area contributed by atoms with E-state index in [1.165, 1.54) is 29.3 Å². The number of hydrogen-bond donors (Lipinski definition) is 1. The fraction of sp³-hybridized carbons (Fsp3) is 0.474. The van der Waals surface area contributed by atoms with Gasteiger partial charge in [0.15, 0.2) is 0 Å². The zero-order chi connectivity index (χ0) is 14.7. The lowest BCUT2D eigenvalue weighted by atomic mass is 10.1. The number of rotatable bonds is 7. The van der Waals surface area contributed by atoms with Gasteiger partial charge in [0.1, 0.15) is 0 Å². The van der Waals surface area contributed by atoms with E-state index in [9.17, 15) is 0 Å². The van der Waals surface area contributed by atoms with Crippen molar-refractivity contribution < 1.29 is 0 Å². The number of nitrogens with zero attached hydrogens (tertiary/aromatic N) is 1. The molecule has 0 heterocycles. The first kappa shape index (κ1) is 14.4. The predicted octanol–water partition coefficient (Wildman–Crippen LogP) is 4.05. The lowest BCUT2D eigenvalue weighted by Gasteiger charge is -2.26. The minimum absolute atomic E-state index is 0.677. The van der Waals surface area contributed by atoms with Crippen LogP contribution in [0.15, 0.2) is 42.5 Å². The van der Waals surface area contributed by atoms with E-state index in [0.717, 1.165) is 25.6 Å². The van der Waals surface area contributed by atoms with Crippen LogP contribution >= 0.6 is 0 Å². The summed E-state index contributed by atoms with van der Waals surface area (Å²) in [5.74, 6) is 0.928. The summed E-state index contributed by atoms with van der Waals surface area (Å²) in [6, 6.07) is 16.0. The van der Waals surface area contributed by atoms with E-state index in [4.69, 9.17) is 0 Å². The van der Waals surface area contributed by atoms with Gasteiger partial charge in [-0.2, -0.15) is 0 Å². The number of hydrogen-bond acceptors (Lipinski definition) is 2. The van der Waals surface area contributed by atoms with Gasteiger partial charge in [0.05, 0.1) is 0 Å². The van der Waals surface area contributed by atoms with Crippen LogP contribution < -0.4 is 10.2 Å². The van der Waals surface area contributed by atoms with E-state index < -0.39 is 0 Å². The Morgan fingerprint density at radius 1 is 1.14 bits per heavy atom. The zero-order valence-corrected chi connectivity index (χ0v) is 13.2. The van der Waals surface area contributed by atoms with Crippen LogP contribution in [0.3, 0.4) is 0 Å². The third-order valence-electron chi connectivity index (χ3n) is 4.67. The molecule has 2 nitrogen and oxygen atoms in total. The summed E-state index contributed by atoms with van der Waals surface area (Å²) in [4.78, 5) is 2.48. The van der Waals surface area contributed by atoms with Gasteiger partial charge in [-0.3, -0.25) is 0 Å². The molecule has 21 heavy (non-hydrogen) atoms. The van der Waals surface area contributed by atoms with Crippen molar-refractivity contribution in [3.63, 3.8) is 0 Å². The van der Waals surface area contributed by atoms with E-state index in [1.54, 1.807) is 0 Å². The lowest BCUT2D eigenvalue weighted by molar-refractivity contribution is 0.499. The van der Waals surface area contributed by atoms with Gasteiger partial charge < -0.3 is 10.2 Å². The Morgan fingerprint density at radius 2 is 1.90 bits per heavy atom. The number of nitrogens with one attached hydrogen (secondary N) is 1. The van der Waals surface area contributed by atoms with Crippen LogP contribution in [0.2, 0.25) is 0 Å². The molecule has 2 aromatic rings. The molecule has 1 atom stereocenters. The molecular weight excluding hydrogens is 256 g/mol. The van der Waals surface area contributed by atoms with Gasteiger partial charge in [0.2, 0.25) is 0 Å². The van der Waals surface area contributed by atoms with Crippen LogP contribution in [0.1, 0.15) is 26.7 Å². The van der Waals surface area contributed by atoms with Crippen molar-refractivity contribution in [3.8, 4) is 0 Å². The highest BCUT2D eigenvalue weighted by Crippen LogP contribution is 2.32. The molecule has 2 aromatic carbocycles. The molecule has 1 N–H and O–H groups in total. The van der Waals surface area contributed by atoms with Gasteiger partial charge in [-0.05, 0) is 44.1 Å². The second-order valence-electron chi connectivity index (χ2n) is 6.16. The van der Waals surface area contributed by atoms with Crippen molar-refractivity contribution >= 4 is 16.5 Å². The van der Waals surface area contributed by atoms with Gasteiger partial charge >= 0.3 is 0 Å². The van der Waals surface area contributed by atoms with Crippen LogP contribution in [0.4, 0.5) is 5.69 Å². The molecule has 0 aliphatic heterocycles. The maximum absolute atomic E-state index is 3.69. The standard InChI is InChI=1S/C19H26N2/c1-3-21(14-13-20-15(2)16-11-12-16)19-10-6-8-17-7-4-5-9-18(17)19/h4-10,15-16,20H,3,11-14H2,1-2H3. The number of fused-ring (bicyclic) bond motifs is 1. The summed E-state index contributed by atoms with van der Waals surface area (Å²) in [6.07, 6.45) is 2.82. The highest BCUT2D eigenvalue weighted by molar-refractivity contribution is 5.94. The lowest BCUT2D eigenvalue weighted by Crippen LogP contribution is -2.37. The fourth-order valence-electron chi connectivity index (χ4n) is 3.12. The molecule has 1 fully saturated rings. The van der Waals surface area contributed by atoms with Crippen molar-refractivity contribution in [2.45, 2.75) is 32.7 Å². The molecule has 0 saturated heterocycles. The van der Waals surface area contributed by atoms with E-state index in [0.29, 0.717) is 6.04 Å². The molecule has 0 radical (unpaired) electrons. The number of anilines is 1. The highest BCUT2D eigenvalue weighted by Gasteiger charge is 2.27. The molecule has 3 rings (SSSR count). The molecule has 112 valence electrons.